The minimum absolute atomic E-state index is 0.139. The van der Waals surface area contributed by atoms with Gasteiger partial charge in [-0.15, -0.1) is 11.3 Å². The second-order valence-electron chi connectivity index (χ2n) is 5.03. The zero-order valence-corrected chi connectivity index (χ0v) is 13.3. The van der Waals surface area contributed by atoms with E-state index in [1.54, 1.807) is 24.4 Å². The van der Waals surface area contributed by atoms with Gasteiger partial charge in [-0.2, -0.15) is 18.3 Å². The number of anilines is 1. The number of carbonyl (C=O) groups excluding carboxylic acids is 1. The average Bonchev–Trinajstić information content (AvgIpc) is 3.16. The molecule has 0 unspecified atom stereocenters. The van der Waals surface area contributed by atoms with E-state index in [1.807, 2.05) is 0 Å². The van der Waals surface area contributed by atoms with Crippen LogP contribution in [0.1, 0.15) is 20.9 Å². The van der Waals surface area contributed by atoms with Crippen molar-refractivity contribution >= 4 is 23.1 Å². The lowest BCUT2D eigenvalue weighted by molar-refractivity contribution is -0.137. The Hall–Kier alpha value is -2.61. The molecule has 3 aromatic rings. The van der Waals surface area contributed by atoms with Crippen molar-refractivity contribution in [2.45, 2.75) is 13.1 Å². The van der Waals surface area contributed by atoms with Crippen LogP contribution in [0, 0.1) is 6.92 Å². The summed E-state index contributed by atoms with van der Waals surface area (Å²) in [4.78, 5) is 12.6. The van der Waals surface area contributed by atoms with Crippen LogP contribution in [-0.2, 0) is 6.18 Å². The van der Waals surface area contributed by atoms with Gasteiger partial charge in [-0.1, -0.05) is 18.2 Å². The third-order valence-electron chi connectivity index (χ3n) is 3.26. The van der Waals surface area contributed by atoms with Gasteiger partial charge in [0.25, 0.3) is 5.91 Å². The topological polar surface area (TPSA) is 46.9 Å². The summed E-state index contributed by atoms with van der Waals surface area (Å²) in [5.41, 5.74) is -0.465. The molecule has 0 aliphatic rings. The number of alkyl halides is 3. The standard InChI is InChI=1S/C16H12F3N3OS/c1-10-9-14(20-15(23)13-7-4-8-24-13)22(21-10)12-6-3-2-5-11(12)16(17,18)19/h2-9H,1H3,(H,20,23). The van der Waals surface area contributed by atoms with Crippen molar-refractivity contribution in [2.24, 2.45) is 0 Å². The van der Waals surface area contributed by atoms with Crippen molar-refractivity contribution in [1.29, 1.82) is 0 Å². The molecule has 0 atom stereocenters. The number of benzene rings is 1. The first-order valence-corrected chi connectivity index (χ1v) is 7.82. The van der Waals surface area contributed by atoms with E-state index in [9.17, 15) is 18.0 Å². The normalized spacial score (nSPS) is 11.5. The van der Waals surface area contributed by atoms with Crippen LogP contribution in [0.2, 0.25) is 0 Å². The molecule has 124 valence electrons. The molecule has 0 fully saturated rings. The van der Waals surface area contributed by atoms with Crippen LogP contribution < -0.4 is 5.32 Å². The molecule has 1 N–H and O–H groups in total. The molecule has 1 aromatic carbocycles. The van der Waals surface area contributed by atoms with Crippen LogP contribution in [0.15, 0.2) is 47.8 Å². The number of hydrogen-bond donors (Lipinski definition) is 1. The Labute approximate surface area is 139 Å². The van der Waals surface area contributed by atoms with Gasteiger partial charge in [-0.05, 0) is 30.5 Å². The van der Waals surface area contributed by atoms with Gasteiger partial charge in [0.05, 0.1) is 21.8 Å². The Morgan fingerprint density at radius 1 is 1.21 bits per heavy atom. The molecule has 8 heteroatoms. The second-order valence-corrected chi connectivity index (χ2v) is 5.98. The van der Waals surface area contributed by atoms with Gasteiger partial charge in [-0.3, -0.25) is 4.79 Å². The molecule has 0 bridgehead atoms. The summed E-state index contributed by atoms with van der Waals surface area (Å²) in [6, 6.07) is 9.99. The number of amides is 1. The Morgan fingerprint density at radius 3 is 2.62 bits per heavy atom. The lowest BCUT2D eigenvalue weighted by Gasteiger charge is -2.14. The number of halogens is 3. The number of thiophene rings is 1. The van der Waals surface area contributed by atoms with E-state index in [2.05, 4.69) is 10.4 Å². The number of nitrogens with one attached hydrogen (secondary N) is 1. The van der Waals surface area contributed by atoms with E-state index in [-0.39, 0.29) is 11.5 Å². The van der Waals surface area contributed by atoms with Crippen molar-refractivity contribution in [2.75, 3.05) is 5.32 Å². The van der Waals surface area contributed by atoms with Gasteiger partial charge >= 0.3 is 6.18 Å². The monoisotopic (exact) mass is 351 g/mol. The summed E-state index contributed by atoms with van der Waals surface area (Å²) in [7, 11) is 0. The maximum atomic E-state index is 13.2. The smallest absolute Gasteiger partial charge is 0.306 e. The zero-order valence-electron chi connectivity index (χ0n) is 12.5. The van der Waals surface area contributed by atoms with Crippen molar-refractivity contribution < 1.29 is 18.0 Å². The van der Waals surface area contributed by atoms with Crippen LogP contribution in [0.5, 0.6) is 0 Å². The fourth-order valence-corrected chi connectivity index (χ4v) is 2.87. The quantitative estimate of drug-likeness (QED) is 0.754. The second kappa shape index (κ2) is 6.12. The number of rotatable bonds is 3. The van der Waals surface area contributed by atoms with E-state index in [0.717, 1.165) is 10.7 Å². The molecule has 0 aliphatic heterocycles. The molecular formula is C16H12F3N3OS. The highest BCUT2D eigenvalue weighted by molar-refractivity contribution is 7.12. The highest BCUT2D eigenvalue weighted by atomic mass is 32.1. The van der Waals surface area contributed by atoms with E-state index < -0.39 is 17.6 Å². The molecule has 3 rings (SSSR count). The summed E-state index contributed by atoms with van der Waals surface area (Å²) in [5, 5.41) is 8.46. The number of para-hydroxylation sites is 1. The molecule has 0 spiro atoms. The Morgan fingerprint density at radius 2 is 1.96 bits per heavy atom. The summed E-state index contributed by atoms with van der Waals surface area (Å²) in [6.07, 6.45) is -4.52. The zero-order chi connectivity index (χ0) is 17.3. The molecular weight excluding hydrogens is 339 g/mol. The molecule has 4 nitrogen and oxygen atoms in total. The van der Waals surface area contributed by atoms with Gasteiger partial charge in [-0.25, -0.2) is 4.68 Å². The number of aromatic nitrogens is 2. The fraction of sp³-hybridized carbons (Fsp3) is 0.125. The fourth-order valence-electron chi connectivity index (χ4n) is 2.26. The summed E-state index contributed by atoms with van der Waals surface area (Å²) in [6.45, 7) is 1.65. The molecule has 0 aliphatic carbocycles. The molecule has 2 aromatic heterocycles. The largest absolute Gasteiger partial charge is 0.418 e. The third-order valence-corrected chi connectivity index (χ3v) is 4.12. The van der Waals surface area contributed by atoms with Gasteiger partial charge < -0.3 is 5.32 Å². The van der Waals surface area contributed by atoms with Crippen LogP contribution in [0.3, 0.4) is 0 Å². The predicted octanol–water partition coefficient (Wildman–Crippen LogP) is 4.51. The highest BCUT2D eigenvalue weighted by Crippen LogP contribution is 2.34. The van der Waals surface area contributed by atoms with E-state index >= 15 is 0 Å². The molecule has 24 heavy (non-hydrogen) atoms. The predicted molar refractivity (Wildman–Crippen MR) is 85.6 cm³/mol. The molecule has 0 radical (unpaired) electrons. The van der Waals surface area contributed by atoms with Gasteiger partial charge in [0.2, 0.25) is 0 Å². The van der Waals surface area contributed by atoms with E-state index in [4.69, 9.17) is 0 Å². The summed E-state index contributed by atoms with van der Waals surface area (Å²) in [5.74, 6) is -0.210. The molecule has 0 saturated carbocycles. The Kier molecular flexibility index (Phi) is 4.15. The first kappa shape index (κ1) is 16.3. The van der Waals surface area contributed by atoms with Crippen molar-refractivity contribution in [1.82, 2.24) is 9.78 Å². The van der Waals surface area contributed by atoms with Crippen molar-refractivity contribution in [3.8, 4) is 5.69 Å². The number of nitrogens with zero attached hydrogens (tertiary/aromatic N) is 2. The summed E-state index contributed by atoms with van der Waals surface area (Å²) >= 11 is 1.24. The van der Waals surface area contributed by atoms with Crippen LogP contribution in [0.25, 0.3) is 5.69 Å². The Bertz CT molecular complexity index is 869. The van der Waals surface area contributed by atoms with Gasteiger partial charge in [0.1, 0.15) is 5.82 Å². The lowest BCUT2D eigenvalue weighted by atomic mass is 10.1. The molecule has 1 amide bonds. The van der Waals surface area contributed by atoms with E-state index in [1.165, 1.54) is 35.6 Å². The average molecular weight is 351 g/mol. The first-order valence-electron chi connectivity index (χ1n) is 6.94. The maximum absolute atomic E-state index is 13.2. The first-order chi connectivity index (χ1) is 11.4. The number of aryl methyl sites for hydroxylation is 1. The number of hydrogen-bond acceptors (Lipinski definition) is 3. The SMILES string of the molecule is Cc1cc(NC(=O)c2cccs2)n(-c2ccccc2C(F)(F)F)n1. The lowest BCUT2D eigenvalue weighted by Crippen LogP contribution is -2.16. The van der Waals surface area contributed by atoms with Gasteiger partial charge in [0.15, 0.2) is 0 Å². The highest BCUT2D eigenvalue weighted by Gasteiger charge is 2.34. The Balaban J connectivity index is 2.03. The van der Waals surface area contributed by atoms with Crippen LogP contribution in [-0.4, -0.2) is 15.7 Å². The summed E-state index contributed by atoms with van der Waals surface area (Å²) < 4.78 is 40.8. The number of carbonyl (C=O) groups is 1. The minimum Gasteiger partial charge on any atom is -0.306 e. The van der Waals surface area contributed by atoms with Crippen molar-refractivity contribution in [3.05, 3.63) is 64.0 Å². The minimum atomic E-state index is -4.52. The van der Waals surface area contributed by atoms with E-state index in [0.29, 0.717) is 10.6 Å². The third kappa shape index (κ3) is 3.18. The molecule has 0 saturated heterocycles. The van der Waals surface area contributed by atoms with Gasteiger partial charge in [0, 0.05) is 6.07 Å². The van der Waals surface area contributed by atoms with Crippen LogP contribution in [0.4, 0.5) is 19.0 Å². The molecule has 2 heterocycles. The van der Waals surface area contributed by atoms with Crippen LogP contribution >= 0.6 is 11.3 Å². The maximum Gasteiger partial charge on any atom is 0.418 e. The van der Waals surface area contributed by atoms with Crippen molar-refractivity contribution in [3.63, 3.8) is 0 Å².